The Morgan fingerprint density at radius 1 is 1.24 bits per heavy atom. The van der Waals surface area contributed by atoms with Gasteiger partial charge in [-0.15, -0.1) is 0 Å². The first-order chi connectivity index (χ1) is 9.57. The number of benzene rings is 1. The zero-order chi connectivity index (χ0) is 16.3. The van der Waals surface area contributed by atoms with Crippen LogP contribution >= 0.6 is 0 Å². The summed E-state index contributed by atoms with van der Waals surface area (Å²) in [6.45, 7) is 6.78. The number of carbonyl (C=O) groups excluding carboxylic acids is 1. The molecule has 0 fully saturated rings. The number of nitrogens with one attached hydrogen (secondary N) is 1. The van der Waals surface area contributed by atoms with Gasteiger partial charge in [0.25, 0.3) is 0 Å². The van der Waals surface area contributed by atoms with Gasteiger partial charge in [-0.25, -0.2) is 13.1 Å². The Morgan fingerprint density at radius 3 is 2.19 bits per heavy atom. The Kier molecular flexibility index (Phi) is 5.67. The molecule has 0 aromatic heterocycles. The van der Waals surface area contributed by atoms with Crippen molar-refractivity contribution in [3.05, 3.63) is 29.8 Å². The lowest BCUT2D eigenvalue weighted by atomic mass is 10.0. The summed E-state index contributed by atoms with van der Waals surface area (Å²) in [6.07, 6.45) is 0.432. The second-order valence-electron chi connectivity index (χ2n) is 6.19. The standard InChI is InChI=1S/C15H23NO4S/c1-11(2)9-14(18)12-5-7-13(8-6-12)21(19,20)16-15(3,4)10-17/h5-8,11,16-17H,9-10H2,1-4H3. The highest BCUT2D eigenvalue weighted by Gasteiger charge is 2.25. The lowest BCUT2D eigenvalue weighted by molar-refractivity contribution is 0.0967. The number of hydrogen-bond donors (Lipinski definition) is 2. The second-order valence-corrected chi connectivity index (χ2v) is 7.88. The molecule has 6 heteroatoms. The maximum atomic E-state index is 12.2. The van der Waals surface area contributed by atoms with Crippen LogP contribution in [0.4, 0.5) is 0 Å². The molecule has 0 aliphatic rings. The first-order valence-electron chi connectivity index (χ1n) is 6.85. The maximum absolute atomic E-state index is 12.2. The highest BCUT2D eigenvalue weighted by Crippen LogP contribution is 2.16. The zero-order valence-electron chi connectivity index (χ0n) is 12.9. The molecule has 1 aromatic carbocycles. The summed E-state index contributed by atoms with van der Waals surface area (Å²) in [5, 5.41) is 9.13. The molecule has 2 N–H and O–H groups in total. The largest absolute Gasteiger partial charge is 0.394 e. The number of hydrogen-bond acceptors (Lipinski definition) is 4. The van der Waals surface area contributed by atoms with Crippen LogP contribution in [0.15, 0.2) is 29.2 Å². The van der Waals surface area contributed by atoms with Gasteiger partial charge in [0, 0.05) is 12.0 Å². The molecule has 5 nitrogen and oxygen atoms in total. The Hall–Kier alpha value is -1.24. The molecular formula is C15H23NO4S. The predicted molar refractivity (Wildman–Crippen MR) is 81.7 cm³/mol. The molecule has 0 amide bonds. The zero-order valence-corrected chi connectivity index (χ0v) is 13.7. The topological polar surface area (TPSA) is 83.5 Å². The van der Waals surface area contributed by atoms with Gasteiger partial charge in [0.05, 0.1) is 17.0 Å². The van der Waals surface area contributed by atoms with E-state index in [0.29, 0.717) is 12.0 Å². The first-order valence-corrected chi connectivity index (χ1v) is 8.34. The van der Waals surface area contributed by atoms with E-state index in [-0.39, 0.29) is 23.2 Å². The summed E-state index contributed by atoms with van der Waals surface area (Å²) in [7, 11) is -3.72. The fourth-order valence-electron chi connectivity index (χ4n) is 1.76. The van der Waals surface area contributed by atoms with Gasteiger partial charge in [0.2, 0.25) is 10.0 Å². The van der Waals surface area contributed by atoms with Gasteiger partial charge in [0.1, 0.15) is 0 Å². The summed E-state index contributed by atoms with van der Waals surface area (Å²) in [5.74, 6) is 0.255. The minimum absolute atomic E-state index is 0.00223. The van der Waals surface area contributed by atoms with Gasteiger partial charge in [-0.3, -0.25) is 4.79 Å². The SMILES string of the molecule is CC(C)CC(=O)c1ccc(S(=O)(=O)NC(C)(C)CO)cc1. The molecule has 118 valence electrons. The van der Waals surface area contributed by atoms with Crippen LogP contribution in [0.3, 0.4) is 0 Å². The van der Waals surface area contributed by atoms with Crippen molar-refractivity contribution in [1.82, 2.24) is 4.72 Å². The molecule has 21 heavy (non-hydrogen) atoms. The minimum atomic E-state index is -3.72. The fourth-order valence-corrected chi connectivity index (χ4v) is 3.17. The van der Waals surface area contributed by atoms with E-state index in [1.165, 1.54) is 24.3 Å². The fraction of sp³-hybridized carbons (Fsp3) is 0.533. The van der Waals surface area contributed by atoms with Crippen LogP contribution in [0, 0.1) is 5.92 Å². The van der Waals surface area contributed by atoms with E-state index >= 15 is 0 Å². The Bertz CT molecular complexity index is 589. The van der Waals surface area contributed by atoms with Crippen molar-refractivity contribution < 1.29 is 18.3 Å². The molecule has 0 atom stereocenters. The number of carbonyl (C=O) groups is 1. The number of sulfonamides is 1. The molecular weight excluding hydrogens is 290 g/mol. The monoisotopic (exact) mass is 313 g/mol. The van der Waals surface area contributed by atoms with Crippen molar-refractivity contribution in [2.24, 2.45) is 5.92 Å². The van der Waals surface area contributed by atoms with Crippen molar-refractivity contribution in [3.63, 3.8) is 0 Å². The normalized spacial score (nSPS) is 12.7. The summed E-state index contributed by atoms with van der Waals surface area (Å²) in [4.78, 5) is 12.0. The average Bonchev–Trinajstić information content (AvgIpc) is 2.37. The van der Waals surface area contributed by atoms with Crippen LogP contribution in [-0.4, -0.2) is 31.5 Å². The first kappa shape index (κ1) is 17.8. The molecule has 1 rings (SSSR count). The van der Waals surface area contributed by atoms with Crippen LogP contribution in [0.25, 0.3) is 0 Å². The van der Waals surface area contributed by atoms with E-state index in [1.807, 2.05) is 13.8 Å². The average molecular weight is 313 g/mol. The second kappa shape index (κ2) is 6.68. The van der Waals surface area contributed by atoms with Crippen LogP contribution in [0.5, 0.6) is 0 Å². The van der Waals surface area contributed by atoms with E-state index in [2.05, 4.69) is 4.72 Å². The van der Waals surface area contributed by atoms with E-state index in [0.717, 1.165) is 0 Å². The maximum Gasteiger partial charge on any atom is 0.241 e. The van der Waals surface area contributed by atoms with E-state index < -0.39 is 15.6 Å². The van der Waals surface area contributed by atoms with Crippen LogP contribution < -0.4 is 4.72 Å². The van der Waals surface area contributed by atoms with Gasteiger partial charge in [-0.2, -0.15) is 0 Å². The number of rotatable bonds is 7. The molecule has 0 spiro atoms. The summed E-state index contributed by atoms with van der Waals surface area (Å²) in [6, 6.07) is 5.85. The molecule has 0 aliphatic heterocycles. The van der Waals surface area contributed by atoms with Crippen LogP contribution in [0.1, 0.15) is 44.5 Å². The molecule has 0 aliphatic carbocycles. The summed E-state index contributed by atoms with van der Waals surface area (Å²) >= 11 is 0. The third kappa shape index (κ3) is 5.22. The van der Waals surface area contributed by atoms with E-state index in [1.54, 1.807) is 13.8 Å². The smallest absolute Gasteiger partial charge is 0.241 e. The predicted octanol–water partition coefficient (Wildman–Crippen LogP) is 1.96. The highest BCUT2D eigenvalue weighted by atomic mass is 32.2. The quantitative estimate of drug-likeness (QED) is 0.754. The van der Waals surface area contributed by atoms with E-state index in [9.17, 15) is 13.2 Å². The molecule has 0 saturated carbocycles. The Balaban J connectivity index is 2.94. The van der Waals surface area contributed by atoms with Gasteiger partial charge in [0.15, 0.2) is 5.78 Å². The molecule has 0 radical (unpaired) electrons. The van der Waals surface area contributed by atoms with Gasteiger partial charge in [-0.1, -0.05) is 26.0 Å². The molecule has 1 aromatic rings. The Morgan fingerprint density at radius 2 is 1.76 bits per heavy atom. The van der Waals surface area contributed by atoms with Crippen molar-refractivity contribution in [2.75, 3.05) is 6.61 Å². The lowest BCUT2D eigenvalue weighted by Gasteiger charge is -2.23. The van der Waals surface area contributed by atoms with Crippen molar-refractivity contribution in [1.29, 1.82) is 0 Å². The number of aliphatic hydroxyl groups is 1. The molecule has 0 saturated heterocycles. The number of aliphatic hydroxyl groups excluding tert-OH is 1. The van der Waals surface area contributed by atoms with Crippen molar-refractivity contribution in [3.8, 4) is 0 Å². The number of ketones is 1. The molecule has 0 bridgehead atoms. The number of Topliss-reactive ketones (excluding diaryl/α,β-unsaturated/α-hetero) is 1. The van der Waals surface area contributed by atoms with Crippen molar-refractivity contribution >= 4 is 15.8 Å². The molecule has 0 unspecified atom stereocenters. The third-order valence-corrected chi connectivity index (χ3v) is 4.60. The van der Waals surface area contributed by atoms with Gasteiger partial charge < -0.3 is 5.11 Å². The van der Waals surface area contributed by atoms with Crippen molar-refractivity contribution in [2.45, 2.75) is 44.6 Å². The highest BCUT2D eigenvalue weighted by molar-refractivity contribution is 7.89. The van der Waals surface area contributed by atoms with Crippen LogP contribution in [0.2, 0.25) is 0 Å². The summed E-state index contributed by atoms with van der Waals surface area (Å²) in [5.41, 5.74) is -0.436. The summed E-state index contributed by atoms with van der Waals surface area (Å²) < 4.78 is 26.7. The Labute approximate surface area is 126 Å². The van der Waals surface area contributed by atoms with E-state index in [4.69, 9.17) is 5.11 Å². The lowest BCUT2D eigenvalue weighted by Crippen LogP contribution is -2.46. The third-order valence-electron chi connectivity index (χ3n) is 2.89. The molecule has 0 heterocycles. The van der Waals surface area contributed by atoms with Crippen LogP contribution in [-0.2, 0) is 10.0 Å². The van der Waals surface area contributed by atoms with Gasteiger partial charge in [-0.05, 0) is 31.9 Å². The minimum Gasteiger partial charge on any atom is -0.394 e. The van der Waals surface area contributed by atoms with Gasteiger partial charge >= 0.3 is 0 Å².